The lowest BCUT2D eigenvalue weighted by Crippen LogP contribution is -2.23. The summed E-state index contributed by atoms with van der Waals surface area (Å²) < 4.78 is 12.3. The molecule has 1 heterocycles. The fourth-order valence-corrected chi connectivity index (χ4v) is 3.00. The Morgan fingerprint density at radius 1 is 1.35 bits per heavy atom. The second-order valence-corrected chi connectivity index (χ2v) is 9.65. The van der Waals surface area contributed by atoms with Crippen LogP contribution in [0, 0.1) is 11.3 Å². The molecule has 0 spiro atoms. The van der Waals surface area contributed by atoms with Gasteiger partial charge in [-0.25, -0.2) is 0 Å². The highest BCUT2D eigenvalue weighted by Crippen LogP contribution is 2.30. The third-order valence-electron chi connectivity index (χ3n) is 4.57. The fourth-order valence-electron chi connectivity index (χ4n) is 2.78. The average Bonchev–Trinajstić information content (AvgIpc) is 2.88. The van der Waals surface area contributed by atoms with Gasteiger partial charge in [0.15, 0.2) is 0 Å². The van der Waals surface area contributed by atoms with E-state index in [0.717, 1.165) is 28.4 Å². The minimum atomic E-state index is -0.461. The molecule has 0 saturated carbocycles. The summed E-state index contributed by atoms with van der Waals surface area (Å²) in [5.41, 5.74) is 0.609. The van der Waals surface area contributed by atoms with Crippen LogP contribution in [0.25, 0.3) is 0 Å². The van der Waals surface area contributed by atoms with E-state index in [4.69, 9.17) is 9.47 Å². The van der Waals surface area contributed by atoms with Gasteiger partial charge in [0, 0.05) is 12.8 Å². The Bertz CT molecular complexity index is 533. The molecule has 1 aliphatic heterocycles. The number of hydrogen-bond donors (Lipinski definition) is 0. The Labute approximate surface area is 171 Å². The van der Waals surface area contributed by atoms with Gasteiger partial charge in [0.2, 0.25) is 0 Å². The van der Waals surface area contributed by atoms with Gasteiger partial charge in [0.1, 0.15) is 5.78 Å². The summed E-state index contributed by atoms with van der Waals surface area (Å²) in [4.78, 5) is 23.8. The van der Waals surface area contributed by atoms with Crippen LogP contribution >= 0.6 is 22.6 Å². The van der Waals surface area contributed by atoms with Crippen LogP contribution in [0.2, 0.25) is 0 Å². The van der Waals surface area contributed by atoms with E-state index in [2.05, 4.69) is 35.7 Å². The minimum Gasteiger partial charge on any atom is -0.465 e. The van der Waals surface area contributed by atoms with Gasteiger partial charge in [-0.3, -0.25) is 9.59 Å². The SMILES string of the molecule is C=C(I)[C@H](C)CC(=O)CC[C@@H]1O[C@@H](CCCOC(=O)C(C)(C)C)CC1=C. The van der Waals surface area contributed by atoms with Gasteiger partial charge in [-0.1, -0.05) is 20.1 Å². The smallest absolute Gasteiger partial charge is 0.311 e. The zero-order valence-corrected chi connectivity index (χ0v) is 18.8. The summed E-state index contributed by atoms with van der Waals surface area (Å²) >= 11 is 2.18. The van der Waals surface area contributed by atoms with Crippen LogP contribution in [0.5, 0.6) is 0 Å². The third-order valence-corrected chi connectivity index (χ3v) is 5.64. The summed E-state index contributed by atoms with van der Waals surface area (Å²) in [7, 11) is 0. The molecule has 1 saturated heterocycles. The van der Waals surface area contributed by atoms with Gasteiger partial charge in [0.05, 0.1) is 24.2 Å². The standard InChI is InChI=1S/C21H33IO4/c1-14(16(3)22)12-17(23)9-10-19-15(2)13-18(26-19)8-7-11-25-20(24)21(4,5)6/h14,18-19H,2-3,7-13H2,1,4-6H3/t14-,18+,19+/m1/s1. The van der Waals surface area contributed by atoms with Crippen LogP contribution in [0.15, 0.2) is 22.3 Å². The van der Waals surface area contributed by atoms with Gasteiger partial charge >= 0.3 is 5.97 Å². The lowest BCUT2D eigenvalue weighted by Gasteiger charge is -2.17. The van der Waals surface area contributed by atoms with Crippen LogP contribution in [-0.2, 0) is 19.1 Å². The summed E-state index contributed by atoms with van der Waals surface area (Å²) in [5.74, 6) is 0.303. The van der Waals surface area contributed by atoms with Gasteiger partial charge in [-0.2, -0.15) is 0 Å². The monoisotopic (exact) mass is 476 g/mol. The fraction of sp³-hybridized carbons (Fsp3) is 0.714. The van der Waals surface area contributed by atoms with Crippen molar-refractivity contribution in [3.63, 3.8) is 0 Å². The molecule has 0 unspecified atom stereocenters. The first-order valence-corrected chi connectivity index (χ1v) is 10.4. The highest BCUT2D eigenvalue weighted by molar-refractivity contribution is 14.1. The number of hydrogen-bond acceptors (Lipinski definition) is 4. The molecule has 0 aromatic rings. The van der Waals surface area contributed by atoms with Crippen molar-refractivity contribution < 1.29 is 19.1 Å². The van der Waals surface area contributed by atoms with E-state index in [-0.39, 0.29) is 29.9 Å². The molecule has 148 valence electrons. The highest BCUT2D eigenvalue weighted by Gasteiger charge is 2.29. The summed E-state index contributed by atoms with van der Waals surface area (Å²) in [6, 6.07) is 0. The molecule has 1 aliphatic rings. The van der Waals surface area contributed by atoms with Crippen LogP contribution < -0.4 is 0 Å². The van der Waals surface area contributed by atoms with Crippen molar-refractivity contribution in [3.05, 3.63) is 22.3 Å². The zero-order valence-electron chi connectivity index (χ0n) is 16.6. The van der Waals surface area contributed by atoms with E-state index in [1.165, 1.54) is 0 Å². The van der Waals surface area contributed by atoms with Crippen LogP contribution in [0.3, 0.4) is 0 Å². The number of rotatable bonds is 10. The van der Waals surface area contributed by atoms with E-state index >= 15 is 0 Å². The molecule has 0 aromatic heterocycles. The molecule has 5 heteroatoms. The predicted octanol–water partition coefficient (Wildman–Crippen LogP) is 5.39. The van der Waals surface area contributed by atoms with Gasteiger partial charge in [-0.05, 0) is 84.1 Å². The molecule has 26 heavy (non-hydrogen) atoms. The molecule has 3 atom stereocenters. The van der Waals surface area contributed by atoms with Gasteiger partial charge in [-0.15, -0.1) is 0 Å². The van der Waals surface area contributed by atoms with Crippen molar-refractivity contribution in [3.8, 4) is 0 Å². The van der Waals surface area contributed by atoms with Crippen LogP contribution in [-0.4, -0.2) is 30.6 Å². The molecule has 1 fully saturated rings. The Morgan fingerprint density at radius 3 is 2.58 bits per heavy atom. The third kappa shape index (κ3) is 8.33. The quantitative estimate of drug-likeness (QED) is 0.184. The van der Waals surface area contributed by atoms with Crippen molar-refractivity contribution in [2.45, 2.75) is 78.4 Å². The molecule has 0 bridgehead atoms. The van der Waals surface area contributed by atoms with E-state index in [1.807, 2.05) is 27.7 Å². The molecule has 1 rings (SSSR count). The van der Waals surface area contributed by atoms with Gasteiger partial charge in [0.25, 0.3) is 0 Å². The Kier molecular flexibility index (Phi) is 9.51. The lowest BCUT2D eigenvalue weighted by molar-refractivity contribution is -0.153. The maximum absolute atomic E-state index is 12.1. The molecule has 0 N–H and O–H groups in total. The molecule has 0 radical (unpaired) electrons. The number of ketones is 1. The molecule has 0 aliphatic carbocycles. The maximum atomic E-state index is 12.1. The van der Waals surface area contributed by atoms with E-state index < -0.39 is 5.41 Å². The minimum absolute atomic E-state index is 0.0285. The topological polar surface area (TPSA) is 52.6 Å². The lowest BCUT2D eigenvalue weighted by atomic mass is 9.97. The number of carbonyl (C=O) groups is 2. The largest absolute Gasteiger partial charge is 0.465 e. The maximum Gasteiger partial charge on any atom is 0.311 e. The first-order chi connectivity index (χ1) is 12.0. The number of ether oxygens (including phenoxy) is 2. The summed E-state index contributed by atoms with van der Waals surface area (Å²) in [5, 5.41) is 0. The van der Waals surface area contributed by atoms with Crippen molar-refractivity contribution in [1.82, 2.24) is 0 Å². The number of Topliss-reactive ketones (excluding diaryl/α,β-unsaturated/α-hetero) is 1. The van der Waals surface area contributed by atoms with E-state index in [0.29, 0.717) is 25.9 Å². The van der Waals surface area contributed by atoms with Gasteiger partial charge < -0.3 is 9.47 Å². The molecular weight excluding hydrogens is 443 g/mol. The average molecular weight is 476 g/mol. The predicted molar refractivity (Wildman–Crippen MR) is 113 cm³/mol. The number of esters is 1. The van der Waals surface area contributed by atoms with Crippen molar-refractivity contribution >= 4 is 34.3 Å². The van der Waals surface area contributed by atoms with Crippen LogP contribution in [0.1, 0.15) is 66.2 Å². The Hall–Kier alpha value is -0.690. The first-order valence-electron chi connectivity index (χ1n) is 9.37. The van der Waals surface area contributed by atoms with Crippen molar-refractivity contribution in [2.75, 3.05) is 6.61 Å². The number of carbonyl (C=O) groups excluding carboxylic acids is 2. The normalized spacial score (nSPS) is 21.5. The Morgan fingerprint density at radius 2 is 2.00 bits per heavy atom. The Balaban J connectivity index is 2.26. The highest BCUT2D eigenvalue weighted by atomic mass is 127. The van der Waals surface area contributed by atoms with E-state index in [9.17, 15) is 9.59 Å². The van der Waals surface area contributed by atoms with Crippen molar-refractivity contribution in [1.29, 1.82) is 0 Å². The van der Waals surface area contributed by atoms with Crippen molar-refractivity contribution in [2.24, 2.45) is 11.3 Å². The molecule has 0 amide bonds. The van der Waals surface area contributed by atoms with E-state index in [1.54, 1.807) is 0 Å². The summed E-state index contributed by atoms with van der Waals surface area (Å²) in [6.45, 7) is 16.0. The number of allylic oxidation sites excluding steroid dienone is 1. The summed E-state index contributed by atoms with van der Waals surface area (Å²) in [6.07, 6.45) is 4.30. The molecular formula is C21H33IO4. The molecule has 4 nitrogen and oxygen atoms in total. The molecule has 0 aromatic carbocycles. The second-order valence-electron chi connectivity index (χ2n) is 8.27. The van der Waals surface area contributed by atoms with Crippen LogP contribution in [0.4, 0.5) is 0 Å². The first kappa shape index (κ1) is 23.3. The zero-order chi connectivity index (χ0) is 19.9. The number of halogens is 1. The second kappa shape index (κ2) is 10.6.